The number of carbonyl (C=O) groups excluding carboxylic acids is 2. The lowest BCUT2D eigenvalue weighted by Gasteiger charge is -2.19. The first-order valence-electron chi connectivity index (χ1n) is 8.92. The number of carbonyl (C=O) groups is 2. The molecule has 2 aromatic carbocycles. The zero-order valence-electron chi connectivity index (χ0n) is 15.5. The lowest BCUT2D eigenvalue weighted by molar-refractivity contribution is -0.123. The first kappa shape index (κ1) is 17.9. The average molecular weight is 381 g/mol. The summed E-state index contributed by atoms with van der Waals surface area (Å²) in [5.74, 6) is 0.146. The molecule has 0 spiro atoms. The van der Waals surface area contributed by atoms with E-state index in [4.69, 9.17) is 18.6 Å². The molecule has 0 radical (unpaired) electrons. The average Bonchev–Trinajstić information content (AvgIpc) is 3.05. The van der Waals surface area contributed by atoms with Crippen LogP contribution in [0.5, 0.6) is 11.5 Å². The minimum atomic E-state index is -1.01. The van der Waals surface area contributed by atoms with Crippen molar-refractivity contribution in [2.24, 2.45) is 0 Å². The van der Waals surface area contributed by atoms with E-state index in [0.29, 0.717) is 41.5 Å². The number of rotatable bonds is 4. The van der Waals surface area contributed by atoms with Crippen molar-refractivity contribution in [2.45, 2.75) is 20.0 Å². The summed E-state index contributed by atoms with van der Waals surface area (Å²) in [4.78, 5) is 24.9. The fourth-order valence-corrected chi connectivity index (χ4v) is 3.00. The third-order valence-electron chi connectivity index (χ3n) is 4.49. The molecule has 1 aromatic heterocycles. The van der Waals surface area contributed by atoms with Crippen LogP contribution in [0.15, 0.2) is 46.9 Å². The normalized spacial score (nSPS) is 13.8. The monoisotopic (exact) mass is 381 g/mol. The maximum absolute atomic E-state index is 12.5. The second-order valence-corrected chi connectivity index (χ2v) is 6.45. The molecule has 0 aliphatic carbocycles. The van der Waals surface area contributed by atoms with Crippen LogP contribution in [0.1, 0.15) is 23.0 Å². The van der Waals surface area contributed by atoms with Crippen molar-refractivity contribution in [3.05, 3.63) is 53.8 Å². The Morgan fingerprint density at radius 3 is 2.61 bits per heavy atom. The number of esters is 1. The molecule has 1 aliphatic heterocycles. The van der Waals surface area contributed by atoms with Crippen molar-refractivity contribution in [3.8, 4) is 11.5 Å². The standard InChI is InChI=1S/C21H19NO6/c1-12-15-5-3-4-6-16(15)28-19(12)21(24)27-13(2)20(23)22-14-7-8-17-18(11-14)26-10-9-25-17/h3-8,11,13H,9-10H2,1-2H3,(H,22,23)/t13-/m0/s1. The number of nitrogens with one attached hydrogen (secondary N) is 1. The van der Waals surface area contributed by atoms with Crippen LogP contribution >= 0.6 is 0 Å². The summed E-state index contributed by atoms with van der Waals surface area (Å²) in [6, 6.07) is 12.4. The highest BCUT2D eigenvalue weighted by molar-refractivity contribution is 5.99. The second kappa shape index (κ2) is 7.26. The SMILES string of the molecule is Cc1c(C(=O)O[C@@H](C)C(=O)Nc2ccc3c(c2)OCCO3)oc2ccccc12. The van der Waals surface area contributed by atoms with E-state index in [9.17, 15) is 9.59 Å². The van der Waals surface area contributed by atoms with Crippen molar-refractivity contribution >= 4 is 28.5 Å². The molecule has 7 heteroatoms. The first-order valence-corrected chi connectivity index (χ1v) is 8.92. The quantitative estimate of drug-likeness (QED) is 0.694. The van der Waals surface area contributed by atoms with Gasteiger partial charge in [0.25, 0.3) is 5.91 Å². The Morgan fingerprint density at radius 1 is 1.07 bits per heavy atom. The van der Waals surface area contributed by atoms with Crippen molar-refractivity contribution in [1.29, 1.82) is 0 Å². The molecule has 0 fully saturated rings. The number of amides is 1. The zero-order chi connectivity index (χ0) is 19.7. The van der Waals surface area contributed by atoms with E-state index in [1.165, 1.54) is 6.92 Å². The summed E-state index contributed by atoms with van der Waals surface area (Å²) < 4.78 is 21.8. The number of hydrogen-bond acceptors (Lipinski definition) is 6. The lowest BCUT2D eigenvalue weighted by atomic mass is 10.1. The molecule has 144 valence electrons. The number of para-hydroxylation sites is 1. The molecule has 28 heavy (non-hydrogen) atoms. The van der Waals surface area contributed by atoms with Crippen LogP contribution in [0.3, 0.4) is 0 Å². The van der Waals surface area contributed by atoms with Gasteiger partial charge in [-0.15, -0.1) is 0 Å². The van der Waals surface area contributed by atoms with E-state index >= 15 is 0 Å². The number of benzene rings is 2. The molecule has 0 unspecified atom stereocenters. The van der Waals surface area contributed by atoms with E-state index < -0.39 is 18.0 Å². The molecule has 1 aliphatic rings. The van der Waals surface area contributed by atoms with Crippen LogP contribution in [-0.4, -0.2) is 31.2 Å². The van der Waals surface area contributed by atoms with Gasteiger partial charge in [0.2, 0.25) is 5.76 Å². The van der Waals surface area contributed by atoms with Gasteiger partial charge in [0.15, 0.2) is 17.6 Å². The summed E-state index contributed by atoms with van der Waals surface area (Å²) in [7, 11) is 0. The highest BCUT2D eigenvalue weighted by atomic mass is 16.6. The molecule has 1 N–H and O–H groups in total. The smallest absolute Gasteiger partial charge is 0.375 e. The van der Waals surface area contributed by atoms with Gasteiger partial charge in [-0.3, -0.25) is 4.79 Å². The van der Waals surface area contributed by atoms with Crippen molar-refractivity contribution in [3.63, 3.8) is 0 Å². The predicted molar refractivity (Wildman–Crippen MR) is 102 cm³/mol. The Kier molecular flexibility index (Phi) is 4.65. The minimum absolute atomic E-state index is 0.0974. The van der Waals surface area contributed by atoms with Gasteiger partial charge in [0, 0.05) is 22.7 Å². The van der Waals surface area contributed by atoms with Crippen LogP contribution < -0.4 is 14.8 Å². The van der Waals surface area contributed by atoms with Gasteiger partial charge < -0.3 is 23.9 Å². The summed E-state index contributed by atoms with van der Waals surface area (Å²) in [6.07, 6.45) is -1.01. The molecule has 0 saturated heterocycles. The summed E-state index contributed by atoms with van der Waals surface area (Å²) >= 11 is 0. The molecular formula is C21H19NO6. The highest BCUT2D eigenvalue weighted by Gasteiger charge is 2.24. The molecular weight excluding hydrogens is 362 g/mol. The van der Waals surface area contributed by atoms with Gasteiger partial charge in [0.05, 0.1) is 0 Å². The first-order chi connectivity index (χ1) is 13.5. The van der Waals surface area contributed by atoms with Crippen molar-refractivity contribution < 1.29 is 28.2 Å². The van der Waals surface area contributed by atoms with Gasteiger partial charge in [-0.1, -0.05) is 18.2 Å². The van der Waals surface area contributed by atoms with Gasteiger partial charge in [-0.2, -0.15) is 0 Å². The van der Waals surface area contributed by atoms with E-state index in [1.807, 2.05) is 18.2 Å². The Hall–Kier alpha value is -3.48. The largest absolute Gasteiger partial charge is 0.486 e. The van der Waals surface area contributed by atoms with Crippen LogP contribution in [-0.2, 0) is 9.53 Å². The predicted octanol–water partition coefficient (Wildman–Crippen LogP) is 3.70. The third-order valence-corrected chi connectivity index (χ3v) is 4.49. The molecule has 7 nitrogen and oxygen atoms in total. The van der Waals surface area contributed by atoms with Crippen LogP contribution in [0.2, 0.25) is 0 Å². The number of furan rings is 1. The van der Waals surface area contributed by atoms with E-state index in [-0.39, 0.29) is 5.76 Å². The van der Waals surface area contributed by atoms with E-state index in [0.717, 1.165) is 5.39 Å². The Balaban J connectivity index is 1.44. The molecule has 4 rings (SSSR count). The van der Waals surface area contributed by atoms with Gasteiger partial charge >= 0.3 is 5.97 Å². The highest BCUT2D eigenvalue weighted by Crippen LogP contribution is 2.32. The molecule has 0 bridgehead atoms. The third kappa shape index (κ3) is 3.38. The van der Waals surface area contributed by atoms with Gasteiger partial charge in [0.1, 0.15) is 18.8 Å². The number of fused-ring (bicyclic) bond motifs is 2. The Bertz CT molecular complexity index is 1050. The van der Waals surface area contributed by atoms with Crippen LogP contribution in [0.25, 0.3) is 11.0 Å². The summed E-state index contributed by atoms with van der Waals surface area (Å²) in [5, 5.41) is 3.54. The maximum Gasteiger partial charge on any atom is 0.375 e. The van der Waals surface area contributed by atoms with Crippen LogP contribution in [0.4, 0.5) is 5.69 Å². The number of hydrogen-bond donors (Lipinski definition) is 1. The second-order valence-electron chi connectivity index (χ2n) is 6.45. The maximum atomic E-state index is 12.5. The summed E-state index contributed by atoms with van der Waals surface area (Å²) in [6.45, 7) is 4.23. The number of anilines is 1. The Morgan fingerprint density at radius 2 is 1.82 bits per heavy atom. The number of ether oxygens (including phenoxy) is 3. The van der Waals surface area contributed by atoms with Crippen molar-refractivity contribution in [2.75, 3.05) is 18.5 Å². The van der Waals surface area contributed by atoms with Gasteiger partial charge in [-0.05, 0) is 32.0 Å². The fraction of sp³-hybridized carbons (Fsp3) is 0.238. The van der Waals surface area contributed by atoms with E-state index in [2.05, 4.69) is 5.32 Å². The molecule has 3 aromatic rings. The fourth-order valence-electron chi connectivity index (χ4n) is 3.00. The molecule has 2 heterocycles. The summed E-state index contributed by atoms with van der Waals surface area (Å²) in [5.41, 5.74) is 1.80. The van der Waals surface area contributed by atoms with E-state index in [1.54, 1.807) is 31.2 Å². The minimum Gasteiger partial charge on any atom is -0.486 e. The topological polar surface area (TPSA) is 87.0 Å². The lowest BCUT2D eigenvalue weighted by Crippen LogP contribution is -2.30. The van der Waals surface area contributed by atoms with Gasteiger partial charge in [-0.25, -0.2) is 4.79 Å². The molecule has 1 atom stereocenters. The van der Waals surface area contributed by atoms with Crippen molar-refractivity contribution in [1.82, 2.24) is 0 Å². The van der Waals surface area contributed by atoms with Crippen LogP contribution in [0, 0.1) is 6.92 Å². The zero-order valence-corrected chi connectivity index (χ0v) is 15.5. The number of aryl methyl sites for hydroxylation is 1. The molecule has 0 saturated carbocycles. The Labute approximate surface area is 161 Å². The molecule has 1 amide bonds.